The number of carbonyl (C=O) groups is 1. The number of nitrogens with zero attached hydrogens (tertiary/aromatic N) is 2. The van der Waals surface area contributed by atoms with Crippen LogP contribution in [0.25, 0.3) is 0 Å². The smallest absolute Gasteiger partial charge is 0.273 e. The molecule has 2 unspecified atom stereocenters. The zero-order valence-corrected chi connectivity index (χ0v) is 12.6. The van der Waals surface area contributed by atoms with Crippen LogP contribution in [0.15, 0.2) is 24.3 Å². The monoisotopic (exact) mass is 307 g/mol. The van der Waals surface area contributed by atoms with Gasteiger partial charge in [-0.05, 0) is 12.8 Å². The summed E-state index contributed by atoms with van der Waals surface area (Å²) < 4.78 is 5.34. The van der Waals surface area contributed by atoms with Crippen molar-refractivity contribution >= 4 is 11.6 Å². The number of rotatable bonds is 5. The maximum atomic E-state index is 12.5. The summed E-state index contributed by atoms with van der Waals surface area (Å²) in [5, 5.41) is 11.0. The fourth-order valence-electron chi connectivity index (χ4n) is 2.88. The van der Waals surface area contributed by atoms with Gasteiger partial charge in [-0.2, -0.15) is 0 Å². The number of carbonyl (C=O) groups excluding carboxylic acids is 1. The van der Waals surface area contributed by atoms with Crippen LogP contribution in [0.2, 0.25) is 0 Å². The number of nitro groups is 1. The van der Waals surface area contributed by atoms with Crippen LogP contribution in [0, 0.1) is 10.1 Å². The highest BCUT2D eigenvalue weighted by atomic mass is 16.6. The van der Waals surface area contributed by atoms with E-state index >= 15 is 0 Å². The van der Waals surface area contributed by atoms with Gasteiger partial charge in [0.1, 0.15) is 0 Å². The Kier molecular flexibility index (Phi) is 5.46. The maximum absolute atomic E-state index is 12.5. The molecule has 1 aliphatic rings. The summed E-state index contributed by atoms with van der Waals surface area (Å²) >= 11 is 0. The SMILES string of the molecule is COC1CCN(C(=O)Cc2ccccc2[N+](=O)[O-])C(CN)C1. The van der Waals surface area contributed by atoms with E-state index in [9.17, 15) is 14.9 Å². The van der Waals surface area contributed by atoms with E-state index in [0.29, 0.717) is 25.1 Å². The first kappa shape index (κ1) is 16.4. The molecule has 2 atom stereocenters. The Balaban J connectivity index is 2.10. The minimum atomic E-state index is -0.458. The van der Waals surface area contributed by atoms with Gasteiger partial charge in [-0.15, -0.1) is 0 Å². The first-order valence-electron chi connectivity index (χ1n) is 7.31. The molecule has 0 radical (unpaired) electrons. The van der Waals surface area contributed by atoms with Crippen LogP contribution >= 0.6 is 0 Å². The van der Waals surface area contributed by atoms with Gasteiger partial charge >= 0.3 is 0 Å². The van der Waals surface area contributed by atoms with Gasteiger partial charge in [0.15, 0.2) is 0 Å². The molecule has 2 rings (SSSR count). The normalized spacial score (nSPS) is 21.6. The van der Waals surface area contributed by atoms with Gasteiger partial charge in [0, 0.05) is 37.9 Å². The van der Waals surface area contributed by atoms with E-state index in [1.54, 1.807) is 30.2 Å². The molecular weight excluding hydrogens is 286 g/mol. The molecule has 1 fully saturated rings. The van der Waals surface area contributed by atoms with Crippen molar-refractivity contribution in [2.75, 3.05) is 20.2 Å². The van der Waals surface area contributed by atoms with E-state index in [0.717, 1.165) is 6.42 Å². The predicted octanol–water partition coefficient (Wildman–Crippen LogP) is 1.10. The van der Waals surface area contributed by atoms with E-state index < -0.39 is 4.92 Å². The van der Waals surface area contributed by atoms with Crippen molar-refractivity contribution in [2.45, 2.75) is 31.4 Å². The van der Waals surface area contributed by atoms with E-state index in [1.807, 2.05) is 0 Å². The minimum absolute atomic E-state index is 0.0191. The number of nitrogens with two attached hydrogens (primary N) is 1. The van der Waals surface area contributed by atoms with Crippen LogP contribution in [0.3, 0.4) is 0 Å². The van der Waals surface area contributed by atoms with Gasteiger partial charge in [-0.1, -0.05) is 18.2 Å². The Morgan fingerprint density at radius 2 is 2.23 bits per heavy atom. The van der Waals surface area contributed by atoms with Crippen LogP contribution in [0.4, 0.5) is 5.69 Å². The molecule has 7 nitrogen and oxygen atoms in total. The van der Waals surface area contributed by atoms with Crippen LogP contribution in [-0.2, 0) is 16.0 Å². The Morgan fingerprint density at radius 1 is 1.50 bits per heavy atom. The molecule has 2 N–H and O–H groups in total. The summed E-state index contributed by atoms with van der Waals surface area (Å²) in [6, 6.07) is 6.26. The Labute approximate surface area is 129 Å². The van der Waals surface area contributed by atoms with Crippen LogP contribution in [0.5, 0.6) is 0 Å². The topological polar surface area (TPSA) is 98.7 Å². The van der Waals surface area contributed by atoms with Crippen LogP contribution in [-0.4, -0.2) is 48.1 Å². The molecule has 1 aromatic carbocycles. The molecule has 1 saturated heterocycles. The second-order valence-corrected chi connectivity index (χ2v) is 5.42. The molecule has 0 aliphatic carbocycles. The number of likely N-dealkylation sites (tertiary alicyclic amines) is 1. The third-order valence-electron chi connectivity index (χ3n) is 4.12. The zero-order chi connectivity index (χ0) is 16.1. The van der Waals surface area contributed by atoms with Crippen molar-refractivity contribution in [3.8, 4) is 0 Å². The number of nitro benzene ring substituents is 1. The highest BCUT2D eigenvalue weighted by molar-refractivity contribution is 5.80. The van der Waals surface area contributed by atoms with E-state index in [1.165, 1.54) is 6.07 Å². The van der Waals surface area contributed by atoms with Crippen molar-refractivity contribution in [3.63, 3.8) is 0 Å². The number of para-hydroxylation sites is 1. The second kappa shape index (κ2) is 7.33. The Morgan fingerprint density at radius 3 is 2.86 bits per heavy atom. The van der Waals surface area contributed by atoms with Gasteiger partial charge < -0.3 is 15.4 Å². The number of ether oxygens (including phenoxy) is 1. The molecule has 0 spiro atoms. The number of hydrogen-bond donors (Lipinski definition) is 1. The highest BCUT2D eigenvalue weighted by Gasteiger charge is 2.31. The molecule has 120 valence electrons. The lowest BCUT2D eigenvalue weighted by Crippen LogP contribution is -2.51. The fraction of sp³-hybridized carbons (Fsp3) is 0.533. The average Bonchev–Trinajstić information content (AvgIpc) is 2.54. The summed E-state index contributed by atoms with van der Waals surface area (Å²) in [6.07, 6.45) is 1.60. The molecule has 7 heteroatoms. The van der Waals surface area contributed by atoms with Crippen molar-refractivity contribution in [2.24, 2.45) is 5.73 Å². The lowest BCUT2D eigenvalue weighted by atomic mass is 9.98. The fourth-order valence-corrected chi connectivity index (χ4v) is 2.88. The molecule has 0 saturated carbocycles. The third kappa shape index (κ3) is 3.61. The van der Waals surface area contributed by atoms with Crippen molar-refractivity contribution in [3.05, 3.63) is 39.9 Å². The van der Waals surface area contributed by atoms with Gasteiger partial charge in [-0.3, -0.25) is 14.9 Å². The first-order valence-corrected chi connectivity index (χ1v) is 7.31. The van der Waals surface area contributed by atoms with Crippen molar-refractivity contribution in [1.82, 2.24) is 4.90 Å². The molecule has 1 aromatic rings. The van der Waals surface area contributed by atoms with Gasteiger partial charge in [0.25, 0.3) is 5.69 Å². The summed E-state index contributed by atoms with van der Waals surface area (Å²) in [5.41, 5.74) is 6.17. The van der Waals surface area contributed by atoms with Crippen molar-refractivity contribution in [1.29, 1.82) is 0 Å². The molecule has 1 amide bonds. The summed E-state index contributed by atoms with van der Waals surface area (Å²) in [4.78, 5) is 24.8. The number of piperidine rings is 1. The van der Waals surface area contributed by atoms with E-state index in [2.05, 4.69) is 0 Å². The molecule has 0 aromatic heterocycles. The van der Waals surface area contributed by atoms with Gasteiger partial charge in [0.2, 0.25) is 5.91 Å². The number of amides is 1. The Hall–Kier alpha value is -1.99. The highest BCUT2D eigenvalue weighted by Crippen LogP contribution is 2.23. The van der Waals surface area contributed by atoms with Gasteiger partial charge in [0.05, 0.1) is 17.4 Å². The number of hydrogen-bond acceptors (Lipinski definition) is 5. The summed E-state index contributed by atoms with van der Waals surface area (Å²) in [5.74, 6) is -0.126. The van der Waals surface area contributed by atoms with Crippen LogP contribution in [0.1, 0.15) is 18.4 Å². The molecule has 1 aliphatic heterocycles. The lowest BCUT2D eigenvalue weighted by Gasteiger charge is -2.38. The number of methoxy groups -OCH3 is 1. The maximum Gasteiger partial charge on any atom is 0.273 e. The van der Waals surface area contributed by atoms with E-state index in [-0.39, 0.29) is 30.2 Å². The Bertz CT molecular complexity index is 549. The minimum Gasteiger partial charge on any atom is -0.381 e. The average molecular weight is 307 g/mol. The van der Waals surface area contributed by atoms with Crippen LogP contribution < -0.4 is 5.73 Å². The standard InChI is InChI=1S/C15H21N3O4/c1-22-13-6-7-17(12(9-13)10-16)15(19)8-11-4-2-3-5-14(11)18(20)21/h2-5,12-13H,6-10,16H2,1H3. The number of benzene rings is 1. The third-order valence-corrected chi connectivity index (χ3v) is 4.12. The second-order valence-electron chi connectivity index (χ2n) is 5.42. The molecular formula is C15H21N3O4. The predicted molar refractivity (Wildman–Crippen MR) is 81.4 cm³/mol. The summed E-state index contributed by atoms with van der Waals surface area (Å²) in [6.45, 7) is 0.933. The summed E-state index contributed by atoms with van der Waals surface area (Å²) in [7, 11) is 1.66. The molecule has 1 heterocycles. The van der Waals surface area contributed by atoms with E-state index in [4.69, 9.17) is 10.5 Å². The largest absolute Gasteiger partial charge is 0.381 e. The van der Waals surface area contributed by atoms with Crippen molar-refractivity contribution < 1.29 is 14.5 Å². The molecule has 0 bridgehead atoms. The lowest BCUT2D eigenvalue weighted by molar-refractivity contribution is -0.385. The van der Waals surface area contributed by atoms with Gasteiger partial charge in [-0.25, -0.2) is 0 Å². The first-order chi connectivity index (χ1) is 10.6. The quantitative estimate of drug-likeness (QED) is 0.649. The molecule has 22 heavy (non-hydrogen) atoms. The zero-order valence-electron chi connectivity index (χ0n) is 12.6.